The number of hydrogen-bond donors (Lipinski definition) is 0. The van der Waals surface area contributed by atoms with Crippen molar-refractivity contribution in [1.29, 1.82) is 5.26 Å². The zero-order valence-electron chi connectivity index (χ0n) is 11.1. The second-order valence-electron chi connectivity index (χ2n) is 5.28. The third-order valence-electron chi connectivity index (χ3n) is 4.06. The van der Waals surface area contributed by atoms with Crippen LogP contribution in [0.5, 0.6) is 0 Å². The van der Waals surface area contributed by atoms with Crippen molar-refractivity contribution in [2.24, 2.45) is 0 Å². The Morgan fingerprint density at radius 1 is 1.05 bits per heavy atom. The first-order chi connectivity index (χ1) is 9.86. The molecule has 4 rings (SSSR count). The molecule has 3 nitrogen and oxygen atoms in total. The molecule has 0 aromatic heterocycles. The molecule has 2 heterocycles. The van der Waals surface area contributed by atoms with E-state index in [0.717, 1.165) is 47.1 Å². The zero-order valence-corrected chi connectivity index (χ0v) is 11.1. The Kier molecular flexibility index (Phi) is 2.43. The molecule has 0 saturated heterocycles. The van der Waals surface area contributed by atoms with Gasteiger partial charge in [-0.25, -0.2) is 9.97 Å². The zero-order chi connectivity index (χ0) is 13.5. The largest absolute Gasteiger partial charge is 0.247 e. The van der Waals surface area contributed by atoms with Crippen molar-refractivity contribution >= 4 is 10.9 Å². The normalized spacial score (nSPS) is 14.2. The smallest absolute Gasteiger partial charge is 0.141 e. The molecule has 3 aliphatic rings. The Morgan fingerprint density at radius 3 is 2.80 bits per heavy atom. The van der Waals surface area contributed by atoms with Crippen LogP contribution >= 0.6 is 0 Å². The average molecular weight is 259 g/mol. The van der Waals surface area contributed by atoms with Crippen LogP contribution in [0.3, 0.4) is 0 Å². The molecule has 0 saturated carbocycles. The van der Waals surface area contributed by atoms with Crippen LogP contribution in [0.2, 0.25) is 0 Å². The Morgan fingerprint density at radius 2 is 1.90 bits per heavy atom. The molecule has 3 heteroatoms. The third-order valence-corrected chi connectivity index (χ3v) is 4.06. The lowest BCUT2D eigenvalue weighted by atomic mass is 9.93. The van der Waals surface area contributed by atoms with Crippen molar-refractivity contribution in [3.05, 3.63) is 47.3 Å². The summed E-state index contributed by atoms with van der Waals surface area (Å²) in [7, 11) is 0. The maximum Gasteiger partial charge on any atom is 0.141 e. The maximum absolute atomic E-state index is 9.29. The third kappa shape index (κ3) is 1.58. The van der Waals surface area contributed by atoms with Crippen LogP contribution in [0.1, 0.15) is 29.8 Å². The van der Waals surface area contributed by atoms with E-state index in [9.17, 15) is 5.26 Å². The van der Waals surface area contributed by atoms with Gasteiger partial charge in [-0.2, -0.15) is 5.26 Å². The lowest BCUT2D eigenvalue weighted by Crippen LogP contribution is -2.04. The van der Waals surface area contributed by atoms with Gasteiger partial charge in [0.25, 0.3) is 0 Å². The van der Waals surface area contributed by atoms with Gasteiger partial charge in [-0.1, -0.05) is 18.2 Å². The van der Waals surface area contributed by atoms with Crippen molar-refractivity contribution in [3.63, 3.8) is 0 Å². The molecule has 0 radical (unpaired) electrons. The highest BCUT2D eigenvalue weighted by Gasteiger charge is 2.21. The Bertz CT molecular complexity index is 830. The quantitative estimate of drug-likeness (QED) is 0.621. The van der Waals surface area contributed by atoms with E-state index in [2.05, 4.69) is 17.1 Å². The maximum atomic E-state index is 9.29. The van der Waals surface area contributed by atoms with E-state index >= 15 is 0 Å². The summed E-state index contributed by atoms with van der Waals surface area (Å²) in [6, 6.07) is 12.2. The lowest BCUT2D eigenvalue weighted by molar-refractivity contribution is 0.670. The van der Waals surface area contributed by atoms with E-state index in [1.54, 1.807) is 0 Å². The molecular weight excluding hydrogens is 246 g/mol. The number of nitrogens with zero attached hydrogens (tertiary/aromatic N) is 3. The molecular formula is C17H13N3. The number of rotatable bonds is 0. The topological polar surface area (TPSA) is 49.6 Å². The van der Waals surface area contributed by atoms with Gasteiger partial charge >= 0.3 is 0 Å². The summed E-state index contributed by atoms with van der Waals surface area (Å²) in [5, 5.41) is 10.4. The van der Waals surface area contributed by atoms with Crippen molar-refractivity contribution in [1.82, 2.24) is 9.97 Å². The van der Waals surface area contributed by atoms with Gasteiger partial charge in [-0.3, -0.25) is 0 Å². The Hall–Kier alpha value is -2.47. The van der Waals surface area contributed by atoms with Crippen LogP contribution in [0.4, 0.5) is 0 Å². The lowest BCUT2D eigenvalue weighted by Gasteiger charge is -2.13. The fraction of sp³-hybridized carbons (Fsp3) is 0.235. The minimum Gasteiger partial charge on any atom is -0.247 e. The Labute approximate surface area is 117 Å². The van der Waals surface area contributed by atoms with Gasteiger partial charge in [0.05, 0.1) is 11.2 Å². The predicted octanol–water partition coefficient (Wildman–Crippen LogP) is 3.49. The van der Waals surface area contributed by atoms with E-state index < -0.39 is 0 Å². The molecule has 20 heavy (non-hydrogen) atoms. The van der Waals surface area contributed by atoms with Crippen LogP contribution in [0, 0.1) is 11.3 Å². The van der Waals surface area contributed by atoms with E-state index in [0.29, 0.717) is 5.69 Å². The molecule has 0 atom stereocenters. The SMILES string of the molecule is N#Cc1cc2c3ccccc3nc-2c2c(n1)CCCC2. The van der Waals surface area contributed by atoms with Crippen molar-refractivity contribution in [2.45, 2.75) is 25.7 Å². The highest BCUT2D eigenvalue weighted by molar-refractivity contribution is 5.98. The van der Waals surface area contributed by atoms with Gasteiger partial charge in [0.15, 0.2) is 0 Å². The fourth-order valence-electron chi connectivity index (χ4n) is 3.12. The monoisotopic (exact) mass is 259 g/mol. The summed E-state index contributed by atoms with van der Waals surface area (Å²) in [4.78, 5) is 9.34. The molecule has 1 aromatic carbocycles. The molecule has 0 unspecified atom stereocenters. The fourth-order valence-corrected chi connectivity index (χ4v) is 3.12. The van der Waals surface area contributed by atoms with Gasteiger partial charge < -0.3 is 0 Å². The molecule has 0 amide bonds. The summed E-state index contributed by atoms with van der Waals surface area (Å²) in [6.07, 6.45) is 4.30. The number of para-hydroxylation sites is 1. The first-order valence-electron chi connectivity index (χ1n) is 6.98. The number of benzene rings is 1. The molecule has 0 N–H and O–H groups in total. The molecule has 96 valence electrons. The number of aromatic nitrogens is 2. The first-order valence-corrected chi connectivity index (χ1v) is 6.98. The van der Waals surface area contributed by atoms with E-state index in [1.807, 2.05) is 24.3 Å². The molecule has 1 aliphatic carbocycles. The number of aryl methyl sites for hydroxylation is 1. The van der Waals surface area contributed by atoms with E-state index in [4.69, 9.17) is 4.98 Å². The van der Waals surface area contributed by atoms with Crippen LogP contribution in [-0.4, -0.2) is 9.97 Å². The van der Waals surface area contributed by atoms with Gasteiger partial charge in [0.2, 0.25) is 0 Å². The summed E-state index contributed by atoms with van der Waals surface area (Å²) >= 11 is 0. The first kappa shape index (κ1) is 11.4. The van der Waals surface area contributed by atoms with Gasteiger partial charge in [-0.05, 0) is 43.4 Å². The molecule has 0 fully saturated rings. The predicted molar refractivity (Wildman–Crippen MR) is 77.5 cm³/mol. The Balaban J connectivity index is 2.16. The van der Waals surface area contributed by atoms with E-state index in [-0.39, 0.29) is 0 Å². The molecule has 2 aliphatic heterocycles. The second kappa shape index (κ2) is 4.28. The second-order valence-corrected chi connectivity index (χ2v) is 5.28. The van der Waals surface area contributed by atoms with Crippen LogP contribution in [0.15, 0.2) is 30.3 Å². The average Bonchev–Trinajstić information content (AvgIpc) is 2.77. The number of hydrogen-bond acceptors (Lipinski definition) is 3. The van der Waals surface area contributed by atoms with Crippen molar-refractivity contribution in [2.75, 3.05) is 0 Å². The molecule has 0 bridgehead atoms. The number of fused-ring (bicyclic) bond motifs is 5. The highest BCUT2D eigenvalue weighted by Crippen LogP contribution is 2.36. The van der Waals surface area contributed by atoms with Gasteiger partial charge in [-0.15, -0.1) is 0 Å². The van der Waals surface area contributed by atoms with E-state index in [1.165, 1.54) is 12.0 Å². The van der Waals surface area contributed by atoms with Crippen molar-refractivity contribution < 1.29 is 0 Å². The highest BCUT2D eigenvalue weighted by atomic mass is 14.8. The summed E-state index contributed by atoms with van der Waals surface area (Å²) < 4.78 is 0. The van der Waals surface area contributed by atoms with Crippen LogP contribution < -0.4 is 0 Å². The molecule has 0 spiro atoms. The standard InChI is InChI=1S/C17H13N3/c18-10-11-9-14-12-5-1-3-7-15(12)20-17(14)13-6-2-4-8-16(13)19-11/h1,3,5,7,9H,2,4,6,8H2. The van der Waals surface area contributed by atoms with Gasteiger partial charge in [0.1, 0.15) is 11.8 Å². The van der Waals surface area contributed by atoms with Crippen LogP contribution in [-0.2, 0) is 12.8 Å². The molecule has 1 aromatic rings. The number of nitriles is 1. The summed E-state index contributed by atoms with van der Waals surface area (Å²) in [5.41, 5.74) is 5.90. The van der Waals surface area contributed by atoms with Crippen LogP contribution in [0.25, 0.3) is 22.2 Å². The van der Waals surface area contributed by atoms with Crippen molar-refractivity contribution in [3.8, 4) is 17.3 Å². The summed E-state index contributed by atoms with van der Waals surface area (Å²) in [5.74, 6) is 0. The summed E-state index contributed by atoms with van der Waals surface area (Å²) in [6.45, 7) is 0. The minimum atomic E-state index is 0.497. The van der Waals surface area contributed by atoms with Gasteiger partial charge in [0, 0.05) is 16.6 Å². The minimum absolute atomic E-state index is 0.497.